The summed E-state index contributed by atoms with van der Waals surface area (Å²) in [7, 11) is 0. The number of primary amides is 1. The fourth-order valence-corrected chi connectivity index (χ4v) is 4.94. The molecule has 4 rings (SSSR count). The molecule has 2 aromatic rings. The van der Waals surface area contributed by atoms with E-state index < -0.39 is 54.7 Å². The standard InChI is InChI=1S/C26H25Cl2F3N4O3/c27-15-4-1-3-14(12-15)20-17-5-2-6-19(28)21(17)34-25(38)23(33-20)35-24(37)16(9-10-26(29,30)31)18(22(32)36)11-13-7-8-13/h1-6,12-13,16,18,23H,7-11H2,(H2,32,36)(H,34,38)(H,35,37). The molecule has 2 aromatic carbocycles. The lowest BCUT2D eigenvalue weighted by Crippen LogP contribution is -2.48. The summed E-state index contributed by atoms with van der Waals surface area (Å²) in [6.45, 7) is 0. The van der Waals surface area contributed by atoms with Gasteiger partial charge >= 0.3 is 6.18 Å². The topological polar surface area (TPSA) is 114 Å². The number of rotatable bonds is 9. The van der Waals surface area contributed by atoms with Crippen LogP contribution in [0, 0.1) is 17.8 Å². The molecule has 0 radical (unpaired) electrons. The maximum absolute atomic E-state index is 13.4. The van der Waals surface area contributed by atoms with Gasteiger partial charge in [0.1, 0.15) is 0 Å². The fraction of sp³-hybridized carbons (Fsp3) is 0.385. The number of aliphatic imine (C=N–C) groups is 1. The number of carbonyl (C=O) groups is 3. The van der Waals surface area contributed by atoms with Crippen LogP contribution in [0.3, 0.4) is 0 Å². The van der Waals surface area contributed by atoms with E-state index in [1.54, 1.807) is 42.5 Å². The lowest BCUT2D eigenvalue weighted by Gasteiger charge is -2.26. The highest BCUT2D eigenvalue weighted by Gasteiger charge is 2.41. The number of carbonyl (C=O) groups excluding carboxylic acids is 3. The maximum atomic E-state index is 13.4. The number of alkyl halides is 3. The summed E-state index contributed by atoms with van der Waals surface area (Å²) in [6.07, 6.45) is -6.17. The van der Waals surface area contributed by atoms with Crippen molar-refractivity contribution in [1.82, 2.24) is 5.32 Å². The van der Waals surface area contributed by atoms with Crippen molar-refractivity contribution in [1.29, 1.82) is 0 Å². The molecule has 3 atom stereocenters. The second-order valence-corrected chi connectivity index (χ2v) is 10.3. The van der Waals surface area contributed by atoms with E-state index in [1.165, 1.54) is 0 Å². The Morgan fingerprint density at radius 1 is 1.13 bits per heavy atom. The number of benzodiazepines with no additional fused rings is 1. The third-order valence-corrected chi connectivity index (χ3v) is 7.16. The number of amides is 3. The van der Waals surface area contributed by atoms with Crippen LogP contribution in [0.25, 0.3) is 0 Å². The number of fused-ring (bicyclic) bond motifs is 1. The SMILES string of the molecule is NC(=O)C(CC1CC1)C(CCC(F)(F)F)C(=O)NC1N=C(c2cccc(Cl)c2)c2cccc(Cl)c2NC1=O. The summed E-state index contributed by atoms with van der Waals surface area (Å²) in [5.74, 6) is -4.89. The van der Waals surface area contributed by atoms with E-state index in [9.17, 15) is 27.6 Å². The smallest absolute Gasteiger partial charge is 0.369 e. The third kappa shape index (κ3) is 6.85. The minimum absolute atomic E-state index is 0.124. The molecule has 202 valence electrons. The Bertz CT molecular complexity index is 1280. The number of nitrogens with zero attached hydrogens (tertiary/aromatic N) is 1. The first-order valence-corrected chi connectivity index (χ1v) is 12.8. The first kappa shape index (κ1) is 27.9. The molecule has 1 aliphatic carbocycles. The van der Waals surface area contributed by atoms with Gasteiger partial charge in [-0.15, -0.1) is 0 Å². The van der Waals surface area contributed by atoms with Crippen LogP contribution in [0.2, 0.25) is 10.0 Å². The molecule has 1 saturated carbocycles. The van der Waals surface area contributed by atoms with E-state index in [4.69, 9.17) is 28.9 Å². The van der Waals surface area contributed by atoms with Crippen LogP contribution in [0.5, 0.6) is 0 Å². The maximum Gasteiger partial charge on any atom is 0.389 e. The number of nitrogens with two attached hydrogens (primary N) is 1. The number of anilines is 1. The molecule has 7 nitrogen and oxygen atoms in total. The highest BCUT2D eigenvalue weighted by atomic mass is 35.5. The van der Waals surface area contributed by atoms with Crippen molar-refractivity contribution in [3.05, 3.63) is 63.6 Å². The minimum Gasteiger partial charge on any atom is -0.369 e. The molecule has 3 unspecified atom stereocenters. The number of nitrogens with one attached hydrogen (secondary N) is 2. The van der Waals surface area contributed by atoms with Gasteiger partial charge < -0.3 is 16.4 Å². The molecule has 3 amide bonds. The van der Waals surface area contributed by atoms with Gasteiger partial charge in [0.2, 0.25) is 18.0 Å². The van der Waals surface area contributed by atoms with Gasteiger partial charge in [0, 0.05) is 34.4 Å². The second-order valence-electron chi connectivity index (χ2n) is 9.50. The molecule has 4 N–H and O–H groups in total. The molecule has 2 aliphatic rings. The van der Waals surface area contributed by atoms with E-state index in [-0.39, 0.29) is 28.8 Å². The molecule has 1 aliphatic heterocycles. The Labute approximate surface area is 227 Å². The van der Waals surface area contributed by atoms with Crippen LogP contribution in [-0.4, -0.2) is 35.8 Å². The van der Waals surface area contributed by atoms with Gasteiger partial charge in [0.05, 0.1) is 16.4 Å². The van der Waals surface area contributed by atoms with Crippen LogP contribution in [-0.2, 0) is 14.4 Å². The predicted molar refractivity (Wildman–Crippen MR) is 138 cm³/mol. The van der Waals surface area contributed by atoms with Gasteiger partial charge in [-0.1, -0.05) is 60.3 Å². The predicted octanol–water partition coefficient (Wildman–Crippen LogP) is 5.09. The van der Waals surface area contributed by atoms with Crippen molar-refractivity contribution in [2.45, 2.75) is 44.4 Å². The number of para-hydroxylation sites is 1. The second kappa shape index (κ2) is 11.3. The lowest BCUT2D eigenvalue weighted by molar-refractivity contribution is -0.146. The van der Waals surface area contributed by atoms with Gasteiger partial charge in [-0.3, -0.25) is 14.4 Å². The van der Waals surface area contributed by atoms with Crippen molar-refractivity contribution in [3.63, 3.8) is 0 Å². The Hall–Kier alpha value is -3.11. The van der Waals surface area contributed by atoms with Gasteiger partial charge in [0.25, 0.3) is 5.91 Å². The molecular formula is C26H25Cl2F3N4O3. The quantitative estimate of drug-likeness (QED) is 0.391. The third-order valence-electron chi connectivity index (χ3n) is 6.61. The summed E-state index contributed by atoms with van der Waals surface area (Å²) in [5, 5.41) is 5.72. The Morgan fingerprint density at radius 3 is 2.47 bits per heavy atom. The fourth-order valence-electron chi connectivity index (χ4n) is 4.53. The Balaban J connectivity index is 1.69. The highest BCUT2D eigenvalue weighted by Crippen LogP contribution is 2.39. The number of benzene rings is 2. The molecule has 38 heavy (non-hydrogen) atoms. The van der Waals surface area contributed by atoms with Crippen LogP contribution < -0.4 is 16.4 Å². The van der Waals surface area contributed by atoms with Crippen LogP contribution in [0.4, 0.5) is 18.9 Å². The summed E-state index contributed by atoms with van der Waals surface area (Å²) in [6, 6.07) is 11.6. The zero-order valence-electron chi connectivity index (χ0n) is 20.0. The molecular weight excluding hydrogens is 544 g/mol. The average Bonchev–Trinajstić information content (AvgIpc) is 3.66. The first-order valence-electron chi connectivity index (χ1n) is 12.0. The van der Waals surface area contributed by atoms with Crippen molar-refractivity contribution in [3.8, 4) is 0 Å². The largest absolute Gasteiger partial charge is 0.389 e. The van der Waals surface area contributed by atoms with Crippen LogP contribution in [0.1, 0.15) is 43.2 Å². The first-order chi connectivity index (χ1) is 17.9. The molecule has 0 aromatic heterocycles. The van der Waals surface area contributed by atoms with Crippen molar-refractivity contribution < 1.29 is 27.6 Å². The van der Waals surface area contributed by atoms with E-state index in [0.717, 1.165) is 12.8 Å². The zero-order valence-corrected chi connectivity index (χ0v) is 21.5. The van der Waals surface area contributed by atoms with E-state index in [0.29, 0.717) is 16.1 Å². The van der Waals surface area contributed by atoms with Crippen LogP contribution >= 0.6 is 23.2 Å². The van der Waals surface area contributed by atoms with Gasteiger partial charge in [-0.25, -0.2) is 4.99 Å². The number of halogens is 5. The van der Waals surface area contributed by atoms with E-state index in [1.807, 2.05) is 0 Å². The van der Waals surface area contributed by atoms with Gasteiger partial charge in [0.15, 0.2) is 0 Å². The van der Waals surface area contributed by atoms with Crippen molar-refractivity contribution in [2.75, 3.05) is 5.32 Å². The van der Waals surface area contributed by atoms with E-state index >= 15 is 0 Å². The Kier molecular flexibility index (Phi) is 8.32. The summed E-state index contributed by atoms with van der Waals surface area (Å²) in [5.41, 5.74) is 7.05. The van der Waals surface area contributed by atoms with Gasteiger partial charge in [-0.2, -0.15) is 13.2 Å². The molecule has 0 bridgehead atoms. The monoisotopic (exact) mass is 568 g/mol. The number of hydrogen-bond acceptors (Lipinski definition) is 4. The highest BCUT2D eigenvalue weighted by molar-refractivity contribution is 6.36. The lowest BCUT2D eigenvalue weighted by atomic mass is 9.83. The van der Waals surface area contributed by atoms with E-state index in [2.05, 4.69) is 15.6 Å². The summed E-state index contributed by atoms with van der Waals surface area (Å²) in [4.78, 5) is 43.2. The number of hydrogen-bond donors (Lipinski definition) is 3. The zero-order chi connectivity index (χ0) is 27.6. The summed E-state index contributed by atoms with van der Waals surface area (Å²) >= 11 is 12.5. The van der Waals surface area contributed by atoms with Crippen LogP contribution in [0.15, 0.2) is 47.5 Å². The molecule has 1 fully saturated rings. The van der Waals surface area contributed by atoms with Crippen molar-refractivity contribution in [2.24, 2.45) is 28.5 Å². The average molecular weight is 569 g/mol. The Morgan fingerprint density at radius 2 is 1.84 bits per heavy atom. The molecule has 0 spiro atoms. The van der Waals surface area contributed by atoms with Gasteiger partial charge in [-0.05, 0) is 37.0 Å². The summed E-state index contributed by atoms with van der Waals surface area (Å²) < 4.78 is 39.3. The molecule has 1 heterocycles. The molecule has 12 heteroatoms. The normalized spacial score (nSPS) is 18.9. The minimum atomic E-state index is -4.55. The molecule has 0 saturated heterocycles. The van der Waals surface area contributed by atoms with Crippen molar-refractivity contribution >= 4 is 52.3 Å².